The number of rotatable bonds is 2. The number of benzene rings is 2. The molecule has 3 rings (SSSR count). The van der Waals surface area contributed by atoms with Crippen LogP contribution >= 0.6 is 27.5 Å². The fraction of sp³-hybridized carbons (Fsp3) is 0. The van der Waals surface area contributed by atoms with Crippen LogP contribution in [-0.4, -0.2) is 20.2 Å². The molecule has 2 aromatic carbocycles. The first-order valence-corrected chi connectivity index (χ1v) is 7.03. The molecule has 106 valence electrons. The Kier molecular flexibility index (Phi) is 3.60. The van der Waals surface area contributed by atoms with E-state index in [1.807, 2.05) is 0 Å². The van der Waals surface area contributed by atoms with Crippen LogP contribution in [0, 0.1) is 5.82 Å². The Labute approximate surface area is 132 Å². The minimum atomic E-state index is -0.370. The highest BCUT2D eigenvalue weighted by Crippen LogP contribution is 2.32. The Bertz CT molecular complexity index is 800. The summed E-state index contributed by atoms with van der Waals surface area (Å²) in [6.07, 6.45) is 0. The number of aromatic nitrogens is 4. The lowest BCUT2D eigenvalue weighted by atomic mass is 10.1. The fourth-order valence-corrected chi connectivity index (χ4v) is 2.54. The van der Waals surface area contributed by atoms with E-state index in [9.17, 15) is 4.39 Å². The van der Waals surface area contributed by atoms with Gasteiger partial charge in [0.05, 0.1) is 20.7 Å². The molecule has 0 unspecified atom stereocenters. The summed E-state index contributed by atoms with van der Waals surface area (Å²) in [6.45, 7) is 0. The minimum absolute atomic E-state index is 0.314. The van der Waals surface area contributed by atoms with Crippen LogP contribution in [0.2, 0.25) is 5.02 Å². The predicted octanol–water partition coefficient (Wildman–Crippen LogP) is 3.47. The standard InChI is InChI=1S/C13H8BrClFN5/c14-8-6-7(4-5-10(8)16)21-13(18-19-20-21)12-9(15)2-1-3-11(12)17/h1-6H,17H2. The summed E-state index contributed by atoms with van der Waals surface area (Å²) in [5.41, 5.74) is 7.53. The number of hydrogen-bond acceptors (Lipinski definition) is 4. The molecule has 0 radical (unpaired) electrons. The zero-order chi connectivity index (χ0) is 15.0. The van der Waals surface area contributed by atoms with Gasteiger partial charge < -0.3 is 5.73 Å². The topological polar surface area (TPSA) is 69.6 Å². The highest BCUT2D eigenvalue weighted by Gasteiger charge is 2.17. The van der Waals surface area contributed by atoms with E-state index in [1.54, 1.807) is 30.3 Å². The molecule has 0 aliphatic heterocycles. The summed E-state index contributed by atoms with van der Waals surface area (Å²) < 4.78 is 15.1. The van der Waals surface area contributed by atoms with Crippen molar-refractivity contribution < 1.29 is 4.39 Å². The van der Waals surface area contributed by atoms with E-state index in [0.717, 1.165) is 0 Å². The van der Waals surface area contributed by atoms with Gasteiger partial charge >= 0.3 is 0 Å². The Balaban J connectivity index is 2.20. The summed E-state index contributed by atoms with van der Waals surface area (Å²) >= 11 is 9.31. The van der Waals surface area contributed by atoms with Gasteiger partial charge in [-0.3, -0.25) is 0 Å². The third-order valence-electron chi connectivity index (χ3n) is 2.89. The van der Waals surface area contributed by atoms with Crippen molar-refractivity contribution >= 4 is 33.2 Å². The monoisotopic (exact) mass is 367 g/mol. The van der Waals surface area contributed by atoms with E-state index in [2.05, 4.69) is 31.5 Å². The molecule has 3 aromatic rings. The van der Waals surface area contributed by atoms with Crippen molar-refractivity contribution in [2.24, 2.45) is 0 Å². The number of nitrogens with two attached hydrogens (primary N) is 1. The van der Waals surface area contributed by atoms with E-state index < -0.39 is 0 Å². The van der Waals surface area contributed by atoms with E-state index in [-0.39, 0.29) is 5.82 Å². The Hall–Kier alpha value is -1.99. The molecular formula is C13H8BrClFN5. The third-order valence-corrected chi connectivity index (χ3v) is 3.81. The molecule has 1 aromatic heterocycles. The van der Waals surface area contributed by atoms with Gasteiger partial charge in [-0.2, -0.15) is 4.68 Å². The molecule has 0 spiro atoms. The molecule has 0 aliphatic carbocycles. The lowest BCUT2D eigenvalue weighted by Gasteiger charge is -2.09. The number of hydrogen-bond donors (Lipinski definition) is 1. The van der Waals surface area contributed by atoms with Gasteiger partial charge in [0.15, 0.2) is 5.82 Å². The van der Waals surface area contributed by atoms with Gasteiger partial charge in [-0.05, 0) is 56.7 Å². The zero-order valence-corrected chi connectivity index (χ0v) is 12.8. The van der Waals surface area contributed by atoms with Crippen LogP contribution in [0.25, 0.3) is 17.1 Å². The first kappa shape index (κ1) is 14.0. The van der Waals surface area contributed by atoms with Crippen molar-refractivity contribution in [3.8, 4) is 17.1 Å². The molecule has 0 amide bonds. The molecule has 8 heteroatoms. The second-order valence-corrected chi connectivity index (χ2v) is 5.48. The molecule has 2 N–H and O–H groups in total. The Morgan fingerprint density at radius 2 is 2.05 bits per heavy atom. The summed E-state index contributed by atoms with van der Waals surface area (Å²) in [4.78, 5) is 0. The van der Waals surface area contributed by atoms with E-state index in [0.29, 0.717) is 32.3 Å². The van der Waals surface area contributed by atoms with Crippen LogP contribution in [0.15, 0.2) is 40.9 Å². The van der Waals surface area contributed by atoms with Crippen molar-refractivity contribution in [3.63, 3.8) is 0 Å². The Morgan fingerprint density at radius 3 is 2.76 bits per heavy atom. The van der Waals surface area contributed by atoms with Crippen LogP contribution in [0.1, 0.15) is 0 Å². The lowest BCUT2D eigenvalue weighted by molar-refractivity contribution is 0.620. The second-order valence-electron chi connectivity index (χ2n) is 4.22. The van der Waals surface area contributed by atoms with Gasteiger partial charge in [0.1, 0.15) is 5.82 Å². The van der Waals surface area contributed by atoms with Gasteiger partial charge in [-0.25, -0.2) is 4.39 Å². The normalized spacial score (nSPS) is 10.8. The third kappa shape index (κ3) is 2.50. The van der Waals surface area contributed by atoms with Gasteiger partial charge in [0, 0.05) is 5.69 Å². The van der Waals surface area contributed by atoms with Crippen LogP contribution in [0.3, 0.4) is 0 Å². The van der Waals surface area contributed by atoms with Gasteiger partial charge in [0.25, 0.3) is 0 Å². The smallest absolute Gasteiger partial charge is 0.190 e. The first-order chi connectivity index (χ1) is 10.1. The maximum absolute atomic E-state index is 13.3. The molecule has 1 heterocycles. The van der Waals surface area contributed by atoms with Crippen LogP contribution in [-0.2, 0) is 0 Å². The summed E-state index contributed by atoms with van der Waals surface area (Å²) in [7, 11) is 0. The average Bonchev–Trinajstić information content (AvgIpc) is 2.91. The quantitative estimate of drug-likeness (QED) is 0.703. The molecule has 0 bridgehead atoms. The van der Waals surface area contributed by atoms with E-state index >= 15 is 0 Å². The molecular weight excluding hydrogens is 361 g/mol. The molecule has 21 heavy (non-hydrogen) atoms. The number of nitrogens with zero attached hydrogens (tertiary/aromatic N) is 4. The average molecular weight is 369 g/mol. The van der Waals surface area contributed by atoms with Crippen LogP contribution < -0.4 is 5.73 Å². The lowest BCUT2D eigenvalue weighted by Crippen LogP contribution is -2.02. The van der Waals surface area contributed by atoms with Gasteiger partial charge in [-0.15, -0.1) is 5.10 Å². The van der Waals surface area contributed by atoms with Crippen molar-refractivity contribution in [2.45, 2.75) is 0 Å². The zero-order valence-electron chi connectivity index (χ0n) is 10.5. The second kappa shape index (κ2) is 5.42. The highest BCUT2D eigenvalue weighted by molar-refractivity contribution is 9.10. The van der Waals surface area contributed by atoms with Crippen molar-refractivity contribution in [3.05, 3.63) is 51.7 Å². The van der Waals surface area contributed by atoms with Crippen LogP contribution in [0.4, 0.5) is 10.1 Å². The van der Waals surface area contributed by atoms with Gasteiger partial charge in [0.2, 0.25) is 0 Å². The molecule has 5 nitrogen and oxygen atoms in total. The molecule has 0 saturated heterocycles. The molecule has 0 aliphatic rings. The number of halogens is 3. The molecule has 0 fully saturated rings. The SMILES string of the molecule is Nc1cccc(Cl)c1-c1nnnn1-c1ccc(F)c(Br)c1. The van der Waals surface area contributed by atoms with E-state index in [4.69, 9.17) is 17.3 Å². The summed E-state index contributed by atoms with van der Waals surface area (Å²) in [5, 5.41) is 12.0. The largest absolute Gasteiger partial charge is 0.398 e. The van der Waals surface area contributed by atoms with Gasteiger partial charge in [-0.1, -0.05) is 17.7 Å². The summed E-state index contributed by atoms with van der Waals surface area (Å²) in [5.74, 6) is 0.0160. The first-order valence-electron chi connectivity index (χ1n) is 5.86. The fourth-order valence-electron chi connectivity index (χ4n) is 1.91. The predicted molar refractivity (Wildman–Crippen MR) is 81.7 cm³/mol. The number of anilines is 1. The maximum atomic E-state index is 13.3. The number of nitrogen functional groups attached to an aromatic ring is 1. The minimum Gasteiger partial charge on any atom is -0.398 e. The van der Waals surface area contributed by atoms with Crippen molar-refractivity contribution in [2.75, 3.05) is 5.73 Å². The van der Waals surface area contributed by atoms with Crippen molar-refractivity contribution in [1.82, 2.24) is 20.2 Å². The molecule has 0 atom stereocenters. The van der Waals surface area contributed by atoms with Crippen LogP contribution in [0.5, 0.6) is 0 Å². The highest BCUT2D eigenvalue weighted by atomic mass is 79.9. The molecule has 0 saturated carbocycles. The summed E-state index contributed by atoms with van der Waals surface area (Å²) in [6, 6.07) is 9.60. The van der Waals surface area contributed by atoms with Crippen molar-refractivity contribution in [1.29, 1.82) is 0 Å². The van der Waals surface area contributed by atoms with E-state index in [1.165, 1.54) is 10.7 Å². The Morgan fingerprint density at radius 1 is 1.24 bits per heavy atom. The number of tetrazole rings is 1. The maximum Gasteiger partial charge on any atom is 0.190 e.